The van der Waals surface area contributed by atoms with E-state index < -0.39 is 0 Å². The fourth-order valence-electron chi connectivity index (χ4n) is 2.98. The molecule has 20 heavy (non-hydrogen) atoms. The van der Waals surface area contributed by atoms with E-state index in [2.05, 4.69) is 17.1 Å². The largest absolute Gasteiger partial charge is 0.361 e. The molecular weight excluding hydrogens is 270 g/mol. The number of thiazole rings is 1. The van der Waals surface area contributed by atoms with Crippen LogP contribution in [0.25, 0.3) is 10.4 Å². The van der Waals surface area contributed by atoms with Crippen LogP contribution >= 0.6 is 11.3 Å². The predicted molar refractivity (Wildman–Crippen MR) is 80.5 cm³/mol. The van der Waals surface area contributed by atoms with Gasteiger partial charge in [-0.1, -0.05) is 18.5 Å². The van der Waals surface area contributed by atoms with Crippen LogP contribution in [-0.4, -0.2) is 10.1 Å². The van der Waals surface area contributed by atoms with Crippen molar-refractivity contribution in [3.05, 3.63) is 23.2 Å². The molecule has 0 saturated heterocycles. The molecule has 4 nitrogen and oxygen atoms in total. The molecule has 2 aromatic heterocycles. The van der Waals surface area contributed by atoms with Crippen LogP contribution in [0, 0.1) is 12.8 Å². The summed E-state index contributed by atoms with van der Waals surface area (Å²) in [4.78, 5) is 5.68. The summed E-state index contributed by atoms with van der Waals surface area (Å²) in [7, 11) is 0. The Kier molecular flexibility index (Phi) is 3.65. The number of hydrogen-bond donors (Lipinski definition) is 1. The Labute approximate surface area is 123 Å². The zero-order valence-electron chi connectivity index (χ0n) is 12.1. The third-order valence-corrected chi connectivity index (χ3v) is 5.77. The minimum Gasteiger partial charge on any atom is -0.361 e. The van der Waals surface area contributed by atoms with E-state index >= 15 is 0 Å². The summed E-state index contributed by atoms with van der Waals surface area (Å²) < 4.78 is 5.13. The minimum absolute atomic E-state index is 0.236. The quantitative estimate of drug-likeness (QED) is 0.932. The Bertz CT molecular complexity index is 581. The van der Waals surface area contributed by atoms with E-state index in [4.69, 9.17) is 10.3 Å². The van der Waals surface area contributed by atoms with Gasteiger partial charge in [0.25, 0.3) is 0 Å². The molecule has 2 heterocycles. The predicted octanol–water partition coefficient (Wildman–Crippen LogP) is 3.86. The standard InChI is InChI=1S/C15H21N3OS/c1-3-11-4-6-15(16,7-5-11)14-17-9-13(20-14)12-8-18-19-10(12)2/h8-9,11H,3-7,16H2,1-2H3. The van der Waals surface area contributed by atoms with Crippen LogP contribution in [0.3, 0.4) is 0 Å². The maximum atomic E-state index is 6.61. The first kappa shape index (κ1) is 13.8. The average molecular weight is 291 g/mol. The zero-order chi connectivity index (χ0) is 14.2. The number of nitrogens with zero attached hydrogens (tertiary/aromatic N) is 2. The second-order valence-electron chi connectivity index (χ2n) is 5.83. The van der Waals surface area contributed by atoms with Crippen LogP contribution in [-0.2, 0) is 5.54 Å². The second kappa shape index (κ2) is 5.30. The van der Waals surface area contributed by atoms with Gasteiger partial charge in [0.2, 0.25) is 0 Å². The number of aromatic nitrogens is 2. The second-order valence-corrected chi connectivity index (χ2v) is 6.86. The van der Waals surface area contributed by atoms with Gasteiger partial charge in [-0.25, -0.2) is 4.98 Å². The summed E-state index contributed by atoms with van der Waals surface area (Å²) in [5.41, 5.74) is 7.40. The molecule has 108 valence electrons. The van der Waals surface area contributed by atoms with E-state index in [1.54, 1.807) is 17.5 Å². The van der Waals surface area contributed by atoms with Gasteiger partial charge in [0, 0.05) is 6.20 Å². The highest BCUT2D eigenvalue weighted by molar-refractivity contribution is 7.15. The number of hydrogen-bond acceptors (Lipinski definition) is 5. The first-order chi connectivity index (χ1) is 9.62. The van der Waals surface area contributed by atoms with Crippen LogP contribution in [0.4, 0.5) is 0 Å². The number of aryl methyl sites for hydroxylation is 1. The number of rotatable bonds is 3. The Morgan fingerprint density at radius 3 is 2.75 bits per heavy atom. The van der Waals surface area contributed by atoms with Crippen molar-refractivity contribution in [2.75, 3.05) is 0 Å². The lowest BCUT2D eigenvalue weighted by molar-refractivity contribution is 0.231. The molecule has 2 aromatic rings. The van der Waals surface area contributed by atoms with E-state index in [9.17, 15) is 0 Å². The van der Waals surface area contributed by atoms with E-state index in [-0.39, 0.29) is 5.54 Å². The summed E-state index contributed by atoms with van der Waals surface area (Å²) in [6.45, 7) is 4.19. The van der Waals surface area contributed by atoms with Gasteiger partial charge < -0.3 is 10.3 Å². The van der Waals surface area contributed by atoms with Crippen molar-refractivity contribution >= 4 is 11.3 Å². The van der Waals surface area contributed by atoms with Gasteiger partial charge in [-0.3, -0.25) is 0 Å². The summed E-state index contributed by atoms with van der Waals surface area (Å²) in [6.07, 6.45) is 9.44. The number of nitrogens with two attached hydrogens (primary N) is 1. The maximum Gasteiger partial charge on any atom is 0.142 e. The molecule has 0 atom stereocenters. The van der Waals surface area contributed by atoms with Crippen LogP contribution in [0.2, 0.25) is 0 Å². The summed E-state index contributed by atoms with van der Waals surface area (Å²) >= 11 is 1.68. The minimum atomic E-state index is -0.236. The normalized spacial score (nSPS) is 26.9. The summed E-state index contributed by atoms with van der Waals surface area (Å²) in [6, 6.07) is 0. The highest BCUT2D eigenvalue weighted by Crippen LogP contribution is 2.41. The molecule has 5 heteroatoms. The highest BCUT2D eigenvalue weighted by Gasteiger charge is 2.35. The van der Waals surface area contributed by atoms with E-state index in [1.165, 1.54) is 19.3 Å². The summed E-state index contributed by atoms with van der Waals surface area (Å²) in [5.74, 6) is 1.67. The molecule has 0 aromatic carbocycles. The smallest absolute Gasteiger partial charge is 0.142 e. The molecule has 3 rings (SSSR count). The molecule has 1 saturated carbocycles. The van der Waals surface area contributed by atoms with E-state index in [1.807, 2.05) is 13.1 Å². The van der Waals surface area contributed by atoms with Crippen LogP contribution in [0.15, 0.2) is 16.9 Å². The molecule has 0 amide bonds. The first-order valence-electron chi connectivity index (χ1n) is 7.29. The fourth-order valence-corrected chi connectivity index (χ4v) is 4.11. The van der Waals surface area contributed by atoms with Gasteiger partial charge in [-0.05, 0) is 38.5 Å². The summed E-state index contributed by atoms with van der Waals surface area (Å²) in [5, 5.41) is 4.89. The molecule has 0 radical (unpaired) electrons. The molecule has 0 spiro atoms. The van der Waals surface area contributed by atoms with E-state index in [0.717, 1.165) is 40.0 Å². The topological polar surface area (TPSA) is 64.9 Å². The first-order valence-corrected chi connectivity index (χ1v) is 8.11. The molecule has 1 aliphatic rings. The lowest BCUT2D eigenvalue weighted by atomic mass is 9.76. The third kappa shape index (κ3) is 2.40. The Hall–Kier alpha value is -1.20. The van der Waals surface area contributed by atoms with Gasteiger partial charge in [-0.2, -0.15) is 0 Å². The van der Waals surface area contributed by atoms with Gasteiger partial charge >= 0.3 is 0 Å². The Morgan fingerprint density at radius 2 is 2.15 bits per heavy atom. The molecule has 1 aliphatic carbocycles. The van der Waals surface area contributed by atoms with Crippen molar-refractivity contribution < 1.29 is 4.52 Å². The Balaban J connectivity index is 1.82. The average Bonchev–Trinajstić information content (AvgIpc) is 3.08. The van der Waals surface area contributed by atoms with E-state index in [0.29, 0.717) is 0 Å². The van der Waals surface area contributed by atoms with Crippen LogP contribution in [0.5, 0.6) is 0 Å². The van der Waals surface area contributed by atoms with Crippen molar-refractivity contribution in [1.29, 1.82) is 0 Å². The van der Waals surface area contributed by atoms with Gasteiger partial charge in [0.1, 0.15) is 10.8 Å². The molecule has 2 N–H and O–H groups in total. The monoisotopic (exact) mass is 291 g/mol. The van der Waals surface area contributed by atoms with Gasteiger partial charge in [-0.15, -0.1) is 11.3 Å². The van der Waals surface area contributed by atoms with Crippen molar-refractivity contribution in [3.63, 3.8) is 0 Å². The molecule has 1 fully saturated rings. The van der Waals surface area contributed by atoms with Gasteiger partial charge in [0.15, 0.2) is 0 Å². The highest BCUT2D eigenvalue weighted by atomic mass is 32.1. The molecule has 0 bridgehead atoms. The molecule has 0 aliphatic heterocycles. The third-order valence-electron chi connectivity index (χ3n) is 4.52. The lowest BCUT2D eigenvalue weighted by Crippen LogP contribution is -2.40. The van der Waals surface area contributed by atoms with Crippen LogP contribution < -0.4 is 5.73 Å². The SMILES string of the molecule is CCC1CCC(N)(c2ncc(-c3cnoc3C)s2)CC1. The van der Waals surface area contributed by atoms with Crippen molar-refractivity contribution in [2.45, 2.75) is 51.5 Å². The van der Waals surface area contributed by atoms with Crippen molar-refractivity contribution in [2.24, 2.45) is 11.7 Å². The maximum absolute atomic E-state index is 6.61. The van der Waals surface area contributed by atoms with Crippen molar-refractivity contribution in [3.8, 4) is 10.4 Å². The Morgan fingerprint density at radius 1 is 1.40 bits per heavy atom. The van der Waals surface area contributed by atoms with Crippen molar-refractivity contribution in [1.82, 2.24) is 10.1 Å². The lowest BCUT2D eigenvalue weighted by Gasteiger charge is -2.35. The molecule has 0 unspecified atom stereocenters. The zero-order valence-corrected chi connectivity index (χ0v) is 12.9. The van der Waals surface area contributed by atoms with Gasteiger partial charge in [0.05, 0.1) is 22.2 Å². The van der Waals surface area contributed by atoms with Crippen LogP contribution in [0.1, 0.15) is 49.8 Å². The fraction of sp³-hybridized carbons (Fsp3) is 0.600. The molecular formula is C15H21N3OS.